The summed E-state index contributed by atoms with van der Waals surface area (Å²) in [6.07, 6.45) is 3.42. The summed E-state index contributed by atoms with van der Waals surface area (Å²) in [6, 6.07) is 15.1. The summed E-state index contributed by atoms with van der Waals surface area (Å²) >= 11 is 6.60. The van der Waals surface area contributed by atoms with Gasteiger partial charge in [0.15, 0.2) is 0 Å². The van der Waals surface area contributed by atoms with Crippen molar-refractivity contribution in [2.24, 2.45) is 0 Å². The van der Waals surface area contributed by atoms with Crippen molar-refractivity contribution in [1.82, 2.24) is 4.90 Å². The molecule has 1 nitrogen and oxygen atoms in total. The van der Waals surface area contributed by atoms with E-state index in [1.807, 2.05) is 6.07 Å². The van der Waals surface area contributed by atoms with Crippen molar-refractivity contribution < 1.29 is 0 Å². The first-order chi connectivity index (χ1) is 10.1. The maximum absolute atomic E-state index is 6.23. The minimum absolute atomic E-state index is 0.370. The number of hydrogen-bond acceptors (Lipinski definition) is 1. The van der Waals surface area contributed by atoms with E-state index < -0.39 is 0 Å². The van der Waals surface area contributed by atoms with Crippen LogP contribution >= 0.6 is 11.6 Å². The second kappa shape index (κ2) is 6.37. The van der Waals surface area contributed by atoms with Gasteiger partial charge in [-0.25, -0.2) is 0 Å². The first-order valence-corrected chi connectivity index (χ1v) is 9.16. The zero-order chi connectivity index (χ0) is 14.8. The van der Waals surface area contributed by atoms with E-state index in [0.29, 0.717) is 15.0 Å². The van der Waals surface area contributed by atoms with Gasteiger partial charge in [-0.05, 0) is 0 Å². The average molecular weight is 363 g/mol. The van der Waals surface area contributed by atoms with Gasteiger partial charge in [-0.3, -0.25) is 0 Å². The number of halogens is 1. The topological polar surface area (TPSA) is 3.24 Å². The molecule has 0 aromatic heterocycles. The van der Waals surface area contributed by atoms with Gasteiger partial charge in [0.2, 0.25) is 0 Å². The van der Waals surface area contributed by atoms with Crippen LogP contribution in [0.3, 0.4) is 0 Å². The standard InChI is InChI=1S/C18H18ClNSe/c1-20(2)11-5-7-14-15-6-3-4-8-17(15)21-18-10-9-13(19)12-16(14)18/h3-4,6-10,12H,5,11H2,1-2H3/b14-7+. The third kappa shape index (κ3) is 3.25. The Kier molecular flexibility index (Phi) is 4.51. The Labute approximate surface area is 137 Å². The first-order valence-electron chi connectivity index (χ1n) is 7.07. The van der Waals surface area contributed by atoms with E-state index in [-0.39, 0.29) is 0 Å². The number of benzene rings is 2. The van der Waals surface area contributed by atoms with Crippen LogP contribution in [0.2, 0.25) is 5.02 Å². The Hall–Kier alpha value is -1.05. The first kappa shape index (κ1) is 14.9. The molecule has 21 heavy (non-hydrogen) atoms. The van der Waals surface area contributed by atoms with Gasteiger partial charge in [0.05, 0.1) is 0 Å². The molecule has 2 aromatic rings. The summed E-state index contributed by atoms with van der Waals surface area (Å²) < 4.78 is 2.90. The fraction of sp³-hybridized carbons (Fsp3) is 0.222. The average Bonchev–Trinajstić information content (AvgIpc) is 2.46. The van der Waals surface area contributed by atoms with Crippen molar-refractivity contribution >= 4 is 41.1 Å². The van der Waals surface area contributed by atoms with E-state index in [2.05, 4.69) is 61.5 Å². The Morgan fingerprint density at radius 3 is 2.62 bits per heavy atom. The molecule has 0 saturated heterocycles. The van der Waals surface area contributed by atoms with Crippen LogP contribution in [0.5, 0.6) is 0 Å². The second-order valence-corrected chi connectivity index (χ2v) is 8.16. The SMILES string of the molecule is CN(C)CC/C=C1\c2ccccc2[Se]c2ccc(Cl)cc21. The van der Waals surface area contributed by atoms with Crippen molar-refractivity contribution in [2.75, 3.05) is 20.6 Å². The van der Waals surface area contributed by atoms with Crippen molar-refractivity contribution in [3.05, 3.63) is 64.7 Å². The molecule has 0 unspecified atom stereocenters. The van der Waals surface area contributed by atoms with Gasteiger partial charge in [0, 0.05) is 0 Å². The van der Waals surface area contributed by atoms with E-state index in [9.17, 15) is 0 Å². The summed E-state index contributed by atoms with van der Waals surface area (Å²) in [5, 5.41) is 0.822. The molecule has 0 fully saturated rings. The van der Waals surface area contributed by atoms with Crippen LogP contribution in [-0.2, 0) is 0 Å². The summed E-state index contributed by atoms with van der Waals surface area (Å²) in [5.74, 6) is 0. The van der Waals surface area contributed by atoms with Gasteiger partial charge in [-0.1, -0.05) is 0 Å². The molecule has 0 saturated carbocycles. The van der Waals surface area contributed by atoms with E-state index in [4.69, 9.17) is 11.6 Å². The molecule has 0 N–H and O–H groups in total. The Bertz CT molecular complexity index is 691. The fourth-order valence-electron chi connectivity index (χ4n) is 2.53. The van der Waals surface area contributed by atoms with Crippen molar-refractivity contribution in [3.8, 4) is 0 Å². The predicted molar refractivity (Wildman–Crippen MR) is 93.2 cm³/mol. The number of rotatable bonds is 3. The molecule has 3 heteroatoms. The molecule has 3 rings (SSSR count). The van der Waals surface area contributed by atoms with E-state index in [1.165, 1.54) is 25.6 Å². The van der Waals surface area contributed by atoms with Gasteiger partial charge in [0.25, 0.3) is 0 Å². The molecule has 0 radical (unpaired) electrons. The number of hydrogen-bond donors (Lipinski definition) is 0. The van der Waals surface area contributed by atoms with Crippen LogP contribution < -0.4 is 8.92 Å². The van der Waals surface area contributed by atoms with Crippen molar-refractivity contribution in [3.63, 3.8) is 0 Å². The van der Waals surface area contributed by atoms with Gasteiger partial charge in [0.1, 0.15) is 0 Å². The zero-order valence-electron chi connectivity index (χ0n) is 12.3. The Morgan fingerprint density at radius 1 is 1.05 bits per heavy atom. The molecule has 1 aliphatic heterocycles. The fourth-order valence-corrected chi connectivity index (χ4v) is 4.98. The Balaban J connectivity index is 2.06. The van der Waals surface area contributed by atoms with E-state index in [0.717, 1.165) is 18.0 Å². The third-order valence-electron chi connectivity index (χ3n) is 3.55. The zero-order valence-corrected chi connectivity index (χ0v) is 14.7. The number of fused-ring (bicyclic) bond motifs is 2. The normalized spacial score (nSPS) is 15.1. The van der Waals surface area contributed by atoms with Crippen LogP contribution in [0.15, 0.2) is 48.5 Å². The quantitative estimate of drug-likeness (QED) is 0.648. The molecule has 0 spiro atoms. The van der Waals surface area contributed by atoms with Crippen molar-refractivity contribution in [1.29, 1.82) is 0 Å². The second-order valence-electron chi connectivity index (χ2n) is 5.45. The third-order valence-corrected chi connectivity index (χ3v) is 6.21. The molecular formula is C18H18ClNSe. The maximum atomic E-state index is 6.23. The molecule has 0 bridgehead atoms. The van der Waals surface area contributed by atoms with Crippen molar-refractivity contribution in [2.45, 2.75) is 6.42 Å². The van der Waals surface area contributed by atoms with E-state index in [1.54, 1.807) is 0 Å². The van der Waals surface area contributed by atoms with Gasteiger partial charge < -0.3 is 0 Å². The monoisotopic (exact) mass is 363 g/mol. The molecule has 0 aliphatic carbocycles. The van der Waals surface area contributed by atoms with Crippen LogP contribution in [0.1, 0.15) is 17.5 Å². The predicted octanol–water partition coefficient (Wildman–Crippen LogP) is 2.69. The Morgan fingerprint density at radius 2 is 1.81 bits per heavy atom. The van der Waals surface area contributed by atoms with Gasteiger partial charge in [-0.2, -0.15) is 0 Å². The summed E-state index contributed by atoms with van der Waals surface area (Å²) in [4.78, 5) is 2.22. The minimum atomic E-state index is 0.370. The van der Waals surface area contributed by atoms with E-state index >= 15 is 0 Å². The van der Waals surface area contributed by atoms with Crippen LogP contribution in [-0.4, -0.2) is 40.5 Å². The molecule has 0 atom stereocenters. The van der Waals surface area contributed by atoms with Crippen LogP contribution in [0, 0.1) is 0 Å². The molecular weight excluding hydrogens is 345 g/mol. The van der Waals surface area contributed by atoms with Gasteiger partial charge >= 0.3 is 138 Å². The molecule has 1 aliphatic rings. The summed E-state index contributed by atoms with van der Waals surface area (Å²) in [5.41, 5.74) is 4.05. The molecule has 1 heterocycles. The van der Waals surface area contributed by atoms with Crippen LogP contribution in [0.25, 0.3) is 5.57 Å². The summed E-state index contributed by atoms with van der Waals surface area (Å²) in [6.45, 7) is 1.06. The van der Waals surface area contributed by atoms with Gasteiger partial charge in [-0.15, -0.1) is 0 Å². The molecule has 108 valence electrons. The summed E-state index contributed by atoms with van der Waals surface area (Å²) in [7, 11) is 4.22. The number of nitrogens with zero attached hydrogens (tertiary/aromatic N) is 1. The molecule has 2 aromatic carbocycles. The molecule has 0 amide bonds. The van der Waals surface area contributed by atoms with Crippen LogP contribution in [0.4, 0.5) is 0 Å².